The number of hydrogen-bond donors (Lipinski definition) is 1. The molecule has 0 aliphatic carbocycles. The lowest BCUT2D eigenvalue weighted by Crippen LogP contribution is -2.18. The third kappa shape index (κ3) is 4.58. The minimum Gasteiger partial charge on any atom is -0.267 e. The normalized spacial score (nSPS) is 11.0. The van der Waals surface area contributed by atoms with Crippen LogP contribution in [-0.4, -0.2) is 21.9 Å². The fourth-order valence-corrected chi connectivity index (χ4v) is 2.83. The van der Waals surface area contributed by atoms with Gasteiger partial charge in [-0.3, -0.25) is 9.48 Å². The van der Waals surface area contributed by atoms with E-state index in [1.165, 1.54) is 0 Å². The minimum absolute atomic E-state index is 0.265. The van der Waals surface area contributed by atoms with Crippen LogP contribution in [0.1, 0.15) is 32.9 Å². The van der Waals surface area contributed by atoms with E-state index in [0.717, 1.165) is 22.5 Å². The van der Waals surface area contributed by atoms with Crippen molar-refractivity contribution in [3.05, 3.63) is 87.7 Å². The first-order valence-corrected chi connectivity index (χ1v) is 8.58. The summed E-state index contributed by atoms with van der Waals surface area (Å²) in [4.78, 5) is 12.3. The van der Waals surface area contributed by atoms with E-state index >= 15 is 0 Å². The Morgan fingerprint density at radius 1 is 1.19 bits per heavy atom. The van der Waals surface area contributed by atoms with Gasteiger partial charge in [-0.25, -0.2) is 5.43 Å². The molecule has 0 aliphatic rings. The molecule has 0 spiro atoms. The predicted molar refractivity (Wildman–Crippen MR) is 104 cm³/mol. The molecular weight excluding hydrogens is 348 g/mol. The SMILES string of the molecule is Cc1cc(C)n(Cc2cccc(C(=O)N/N=C/c3cccc(Cl)c3)c2)n1. The van der Waals surface area contributed by atoms with E-state index in [4.69, 9.17) is 11.6 Å². The third-order valence-electron chi connectivity index (χ3n) is 3.85. The smallest absolute Gasteiger partial charge is 0.267 e. The maximum absolute atomic E-state index is 12.3. The van der Waals surface area contributed by atoms with Crippen LogP contribution in [0.5, 0.6) is 0 Å². The molecule has 26 heavy (non-hydrogen) atoms. The lowest BCUT2D eigenvalue weighted by atomic mass is 10.1. The largest absolute Gasteiger partial charge is 0.271 e. The molecule has 0 saturated carbocycles. The average Bonchev–Trinajstić information content (AvgIpc) is 2.92. The standard InChI is InChI=1S/C20H19ClN4O/c1-14-9-15(2)25(24-14)13-17-6-3-7-18(10-17)20(26)23-22-12-16-5-4-8-19(21)11-16/h3-12H,13H2,1-2H3,(H,23,26)/b22-12+. The number of aryl methyl sites for hydroxylation is 2. The lowest BCUT2D eigenvalue weighted by molar-refractivity contribution is 0.0955. The van der Waals surface area contributed by atoms with Crippen molar-refractivity contribution in [3.63, 3.8) is 0 Å². The molecule has 1 amide bonds. The van der Waals surface area contributed by atoms with Crippen LogP contribution in [0.4, 0.5) is 0 Å². The first kappa shape index (κ1) is 17.9. The van der Waals surface area contributed by atoms with Gasteiger partial charge in [-0.05, 0) is 55.3 Å². The van der Waals surface area contributed by atoms with Gasteiger partial charge in [0.25, 0.3) is 5.91 Å². The molecule has 0 aliphatic heterocycles. The van der Waals surface area contributed by atoms with Crippen molar-refractivity contribution in [2.24, 2.45) is 5.10 Å². The van der Waals surface area contributed by atoms with Crippen molar-refractivity contribution in [1.29, 1.82) is 0 Å². The summed E-state index contributed by atoms with van der Waals surface area (Å²) >= 11 is 5.92. The molecule has 0 saturated heterocycles. The molecule has 1 heterocycles. The highest BCUT2D eigenvalue weighted by Crippen LogP contribution is 2.11. The summed E-state index contributed by atoms with van der Waals surface area (Å²) in [6, 6.07) is 16.7. The summed E-state index contributed by atoms with van der Waals surface area (Å²) in [5.74, 6) is -0.265. The quantitative estimate of drug-likeness (QED) is 0.548. The first-order chi connectivity index (χ1) is 12.5. The van der Waals surface area contributed by atoms with E-state index in [2.05, 4.69) is 15.6 Å². The minimum atomic E-state index is -0.265. The summed E-state index contributed by atoms with van der Waals surface area (Å²) in [5, 5.41) is 9.06. The van der Waals surface area contributed by atoms with E-state index in [9.17, 15) is 4.79 Å². The number of hydrogen-bond acceptors (Lipinski definition) is 3. The molecular formula is C20H19ClN4O. The third-order valence-corrected chi connectivity index (χ3v) is 4.09. The van der Waals surface area contributed by atoms with Crippen LogP contribution in [0.2, 0.25) is 5.02 Å². The maximum Gasteiger partial charge on any atom is 0.271 e. The number of carbonyl (C=O) groups is 1. The molecule has 0 bridgehead atoms. The van der Waals surface area contributed by atoms with E-state index in [-0.39, 0.29) is 5.91 Å². The van der Waals surface area contributed by atoms with Crippen molar-refractivity contribution in [2.75, 3.05) is 0 Å². The van der Waals surface area contributed by atoms with Crippen molar-refractivity contribution < 1.29 is 4.79 Å². The van der Waals surface area contributed by atoms with Gasteiger partial charge >= 0.3 is 0 Å². The number of hydrazone groups is 1. The Morgan fingerprint density at radius 2 is 2.00 bits per heavy atom. The van der Waals surface area contributed by atoms with Crippen LogP contribution < -0.4 is 5.43 Å². The second-order valence-electron chi connectivity index (χ2n) is 6.04. The van der Waals surface area contributed by atoms with Crippen molar-refractivity contribution in [1.82, 2.24) is 15.2 Å². The summed E-state index contributed by atoms with van der Waals surface area (Å²) in [6.45, 7) is 4.60. The summed E-state index contributed by atoms with van der Waals surface area (Å²) < 4.78 is 1.92. The van der Waals surface area contributed by atoms with Crippen LogP contribution in [0.25, 0.3) is 0 Å². The molecule has 0 unspecified atom stereocenters. The number of aromatic nitrogens is 2. The fourth-order valence-electron chi connectivity index (χ4n) is 2.64. The highest BCUT2D eigenvalue weighted by Gasteiger charge is 2.07. The van der Waals surface area contributed by atoms with E-state index in [1.807, 2.05) is 54.9 Å². The Morgan fingerprint density at radius 3 is 2.73 bits per heavy atom. The molecule has 3 aromatic rings. The monoisotopic (exact) mass is 366 g/mol. The zero-order valence-electron chi connectivity index (χ0n) is 14.6. The van der Waals surface area contributed by atoms with Gasteiger partial charge < -0.3 is 0 Å². The predicted octanol–water partition coefficient (Wildman–Crippen LogP) is 3.97. The summed E-state index contributed by atoms with van der Waals surface area (Å²) in [6.07, 6.45) is 1.56. The number of nitrogens with zero attached hydrogens (tertiary/aromatic N) is 3. The number of benzene rings is 2. The molecule has 5 nitrogen and oxygen atoms in total. The average molecular weight is 367 g/mol. The topological polar surface area (TPSA) is 59.3 Å². The molecule has 0 radical (unpaired) electrons. The Bertz CT molecular complexity index is 962. The maximum atomic E-state index is 12.3. The highest BCUT2D eigenvalue weighted by atomic mass is 35.5. The molecule has 1 N–H and O–H groups in total. The zero-order valence-corrected chi connectivity index (χ0v) is 15.4. The fraction of sp³-hybridized carbons (Fsp3) is 0.150. The van der Waals surface area contributed by atoms with Gasteiger partial charge in [0.1, 0.15) is 0 Å². The molecule has 6 heteroatoms. The molecule has 1 aromatic heterocycles. The molecule has 0 atom stereocenters. The van der Waals surface area contributed by atoms with Gasteiger partial charge in [-0.2, -0.15) is 10.2 Å². The van der Waals surface area contributed by atoms with Crippen LogP contribution in [0, 0.1) is 13.8 Å². The number of nitrogens with one attached hydrogen (secondary N) is 1. The van der Waals surface area contributed by atoms with Gasteiger partial charge in [-0.1, -0.05) is 35.9 Å². The van der Waals surface area contributed by atoms with Gasteiger partial charge in [0.15, 0.2) is 0 Å². The van der Waals surface area contributed by atoms with Crippen molar-refractivity contribution in [2.45, 2.75) is 20.4 Å². The Hall–Kier alpha value is -2.92. The molecule has 2 aromatic carbocycles. The van der Waals surface area contributed by atoms with Crippen LogP contribution in [0.15, 0.2) is 59.7 Å². The van der Waals surface area contributed by atoms with Crippen molar-refractivity contribution in [3.8, 4) is 0 Å². The highest BCUT2D eigenvalue weighted by molar-refractivity contribution is 6.30. The molecule has 3 rings (SSSR count). The Balaban J connectivity index is 1.67. The molecule has 132 valence electrons. The number of amides is 1. The van der Waals surface area contributed by atoms with Gasteiger partial charge in [0.05, 0.1) is 18.5 Å². The Labute approximate surface area is 157 Å². The van der Waals surface area contributed by atoms with Crippen LogP contribution in [-0.2, 0) is 6.54 Å². The zero-order chi connectivity index (χ0) is 18.5. The van der Waals surface area contributed by atoms with Crippen molar-refractivity contribution >= 4 is 23.7 Å². The summed E-state index contributed by atoms with van der Waals surface area (Å²) in [7, 11) is 0. The van der Waals surface area contributed by atoms with E-state index in [1.54, 1.807) is 24.4 Å². The van der Waals surface area contributed by atoms with Gasteiger partial charge in [0.2, 0.25) is 0 Å². The molecule has 0 fully saturated rings. The second kappa shape index (κ2) is 7.97. The van der Waals surface area contributed by atoms with E-state index in [0.29, 0.717) is 17.1 Å². The number of rotatable bonds is 5. The number of halogens is 1. The van der Waals surface area contributed by atoms with Crippen LogP contribution >= 0.6 is 11.6 Å². The van der Waals surface area contributed by atoms with Crippen LogP contribution in [0.3, 0.4) is 0 Å². The van der Waals surface area contributed by atoms with Gasteiger partial charge in [0, 0.05) is 16.3 Å². The lowest BCUT2D eigenvalue weighted by Gasteiger charge is -2.06. The Kier molecular flexibility index (Phi) is 5.49. The van der Waals surface area contributed by atoms with E-state index < -0.39 is 0 Å². The van der Waals surface area contributed by atoms with Gasteiger partial charge in [-0.15, -0.1) is 0 Å². The number of carbonyl (C=O) groups excluding carboxylic acids is 1. The second-order valence-corrected chi connectivity index (χ2v) is 6.48. The summed E-state index contributed by atoms with van der Waals surface area (Å²) in [5.41, 5.74) is 6.97. The first-order valence-electron chi connectivity index (χ1n) is 8.20.